The summed E-state index contributed by atoms with van der Waals surface area (Å²) in [5.41, 5.74) is 0.777. The molecule has 2 heterocycles. The molecule has 1 amide bonds. The van der Waals surface area contributed by atoms with Gasteiger partial charge in [-0.2, -0.15) is 0 Å². The number of quaternary nitrogens is 1. The highest BCUT2D eigenvalue weighted by Gasteiger charge is 2.66. The Bertz CT molecular complexity index is 617. The molecule has 3 saturated carbocycles. The van der Waals surface area contributed by atoms with Crippen LogP contribution in [0.3, 0.4) is 0 Å². The van der Waals surface area contributed by atoms with Crippen LogP contribution in [0, 0.1) is 40.9 Å². The molecule has 0 aromatic carbocycles. The summed E-state index contributed by atoms with van der Waals surface area (Å²) in [6.45, 7) is 6.48. The van der Waals surface area contributed by atoms with Gasteiger partial charge in [0.15, 0.2) is 0 Å². The second kappa shape index (κ2) is 7.98. The predicted octanol–water partition coefficient (Wildman–Crippen LogP) is 3.01. The number of rotatable bonds is 6. The summed E-state index contributed by atoms with van der Waals surface area (Å²) in [6, 6.07) is 0. The lowest BCUT2D eigenvalue weighted by Crippen LogP contribution is -2.94. The number of amides is 1. The maximum absolute atomic E-state index is 12.9. The largest absolute Gasteiger partial charge is 0.346 e. The zero-order valence-corrected chi connectivity index (χ0v) is 18.4. The summed E-state index contributed by atoms with van der Waals surface area (Å²) < 4.78 is 0. The third-order valence-electron chi connectivity index (χ3n) is 9.86. The van der Waals surface area contributed by atoms with Gasteiger partial charge in [-0.1, -0.05) is 12.8 Å². The van der Waals surface area contributed by atoms with Gasteiger partial charge >= 0.3 is 0 Å². The van der Waals surface area contributed by atoms with E-state index >= 15 is 0 Å². The van der Waals surface area contributed by atoms with Crippen molar-refractivity contribution < 1.29 is 14.9 Å². The van der Waals surface area contributed by atoms with Crippen LogP contribution in [0.4, 0.5) is 0 Å². The number of ketones is 1. The molecule has 29 heavy (non-hydrogen) atoms. The Morgan fingerprint density at radius 3 is 2.17 bits per heavy atom. The molecule has 4 nitrogen and oxygen atoms in total. The highest BCUT2D eigenvalue weighted by atomic mass is 16.2. The molecule has 2 N–H and O–H groups in total. The van der Waals surface area contributed by atoms with E-state index in [1.807, 2.05) is 0 Å². The van der Waals surface area contributed by atoms with Crippen LogP contribution < -0.4 is 5.32 Å². The second-order valence-corrected chi connectivity index (χ2v) is 11.4. The van der Waals surface area contributed by atoms with Crippen molar-refractivity contribution >= 4 is 11.7 Å². The van der Waals surface area contributed by atoms with Gasteiger partial charge in [-0.05, 0) is 82.0 Å². The molecule has 0 bridgehead atoms. The van der Waals surface area contributed by atoms with Gasteiger partial charge in [-0.3, -0.25) is 9.59 Å². The van der Waals surface area contributed by atoms with Gasteiger partial charge in [-0.15, -0.1) is 0 Å². The van der Waals surface area contributed by atoms with Crippen molar-refractivity contribution in [2.45, 2.75) is 77.6 Å². The summed E-state index contributed by atoms with van der Waals surface area (Å²) in [4.78, 5) is 26.6. The van der Waals surface area contributed by atoms with Crippen molar-refractivity contribution in [3.8, 4) is 0 Å². The molecule has 4 heteroatoms. The first-order valence-corrected chi connectivity index (χ1v) is 12.7. The average molecular weight is 402 g/mol. The number of hydrogen-bond acceptors (Lipinski definition) is 2. The Morgan fingerprint density at radius 2 is 1.55 bits per heavy atom. The molecule has 5 aliphatic rings. The Balaban J connectivity index is 1.00. The maximum Gasteiger partial charge on any atom is 0.225 e. The molecular weight excluding hydrogens is 360 g/mol. The maximum atomic E-state index is 12.9. The smallest absolute Gasteiger partial charge is 0.225 e. The van der Waals surface area contributed by atoms with Crippen LogP contribution in [0.2, 0.25) is 0 Å². The van der Waals surface area contributed by atoms with Crippen LogP contribution in [0.15, 0.2) is 0 Å². The highest BCUT2D eigenvalue weighted by Crippen LogP contribution is 2.69. The number of nitrogens with zero attached hydrogens (tertiary/aromatic N) is 1. The van der Waals surface area contributed by atoms with E-state index in [9.17, 15) is 9.59 Å². The van der Waals surface area contributed by atoms with E-state index in [0.717, 1.165) is 67.9 Å². The van der Waals surface area contributed by atoms with Gasteiger partial charge in [0, 0.05) is 36.8 Å². The van der Waals surface area contributed by atoms with Gasteiger partial charge in [0.25, 0.3) is 0 Å². The van der Waals surface area contributed by atoms with Crippen molar-refractivity contribution in [2.24, 2.45) is 40.9 Å². The first-order chi connectivity index (χ1) is 14.1. The summed E-state index contributed by atoms with van der Waals surface area (Å²) in [5.74, 6) is 5.16. The molecule has 2 saturated heterocycles. The quantitative estimate of drug-likeness (QED) is 0.744. The topological polar surface area (TPSA) is 54.0 Å². The second-order valence-electron chi connectivity index (χ2n) is 11.4. The fraction of sp³-hybridized carbons (Fsp3) is 0.920. The number of carbonyl (C=O) groups excluding carboxylic acids is 2. The summed E-state index contributed by atoms with van der Waals surface area (Å²) in [5, 5.41) is 2.57. The van der Waals surface area contributed by atoms with Crippen LogP contribution in [0.25, 0.3) is 0 Å². The molecule has 2 unspecified atom stereocenters. The number of hydrogen-bond donors (Lipinski definition) is 1. The lowest BCUT2D eigenvalue weighted by atomic mass is 9.36. The van der Waals surface area contributed by atoms with Crippen molar-refractivity contribution in [3.05, 3.63) is 0 Å². The summed E-state index contributed by atoms with van der Waals surface area (Å²) in [7, 11) is 0. The zero-order valence-electron chi connectivity index (χ0n) is 18.4. The first kappa shape index (κ1) is 20.0. The van der Waals surface area contributed by atoms with Gasteiger partial charge in [0.2, 0.25) is 5.91 Å². The zero-order chi connectivity index (χ0) is 20.0. The third-order valence-corrected chi connectivity index (χ3v) is 9.86. The fourth-order valence-electron chi connectivity index (χ4n) is 8.26. The lowest BCUT2D eigenvalue weighted by Gasteiger charge is -2.69. The molecule has 0 aromatic heterocycles. The minimum absolute atomic E-state index is 0.187. The predicted molar refractivity (Wildman–Crippen MR) is 113 cm³/mol. The molecular formula is C25H41N2O2+. The molecule has 5 rings (SSSR count). The summed E-state index contributed by atoms with van der Waals surface area (Å²) >= 11 is 0. The molecule has 5 fully saturated rings. The normalized spacial score (nSPS) is 41.8. The average Bonchev–Trinajstić information content (AvgIpc) is 2.71. The Kier molecular flexibility index (Phi) is 5.51. The monoisotopic (exact) mass is 401 g/mol. The first-order valence-electron chi connectivity index (χ1n) is 12.7. The fourth-order valence-corrected chi connectivity index (χ4v) is 8.26. The highest BCUT2D eigenvalue weighted by molar-refractivity contribution is 5.81. The van der Waals surface area contributed by atoms with Gasteiger partial charge < -0.3 is 10.2 Å². The van der Waals surface area contributed by atoms with Crippen LogP contribution >= 0.6 is 0 Å². The number of carbonyl (C=O) groups is 2. The van der Waals surface area contributed by atoms with Gasteiger partial charge in [0.05, 0.1) is 13.1 Å². The Labute approximate surface area is 176 Å². The standard InChI is InChI=1S/C25H40N2O2/c1-17(28)19-4-6-20(7-5-19)24(29)27-11-8-18(9-12-27)3-2-10-25-13-21-15-26-16-22(14-25)23(21)25/h18-23,26H,2-16H2,1H3/p+1. The number of nitrogens with two attached hydrogens (primary N) is 1. The van der Waals surface area contributed by atoms with Crippen molar-refractivity contribution in [1.29, 1.82) is 0 Å². The van der Waals surface area contributed by atoms with E-state index in [2.05, 4.69) is 10.2 Å². The molecule has 0 radical (unpaired) electrons. The third kappa shape index (κ3) is 3.68. The molecule has 0 aromatic rings. The molecule has 2 atom stereocenters. The summed E-state index contributed by atoms with van der Waals surface area (Å²) in [6.07, 6.45) is 13.5. The van der Waals surface area contributed by atoms with Crippen LogP contribution in [-0.4, -0.2) is 42.8 Å². The van der Waals surface area contributed by atoms with E-state index in [4.69, 9.17) is 0 Å². The molecule has 3 aliphatic carbocycles. The van der Waals surface area contributed by atoms with E-state index in [1.54, 1.807) is 6.92 Å². The van der Waals surface area contributed by atoms with E-state index < -0.39 is 0 Å². The minimum atomic E-state index is 0.187. The van der Waals surface area contributed by atoms with E-state index in [-0.39, 0.29) is 11.8 Å². The molecule has 162 valence electrons. The van der Waals surface area contributed by atoms with Gasteiger partial charge in [0.1, 0.15) is 5.78 Å². The molecule has 0 spiro atoms. The van der Waals surface area contributed by atoms with Crippen LogP contribution in [0.5, 0.6) is 0 Å². The van der Waals surface area contributed by atoms with Crippen LogP contribution in [0.1, 0.15) is 77.6 Å². The minimum Gasteiger partial charge on any atom is -0.346 e. The number of Topliss-reactive ketones (excluding diaryl/α,β-unsaturated/α-hetero) is 1. The SMILES string of the molecule is CC(=O)C1CCC(C(=O)N2CCC(CCCC34CC5C[NH2+]CC(C3)C54)CC2)CC1. The van der Waals surface area contributed by atoms with Gasteiger partial charge in [-0.25, -0.2) is 0 Å². The Hall–Kier alpha value is -0.900. The number of piperidine rings is 2. The number of likely N-dealkylation sites (tertiary alicyclic amines) is 1. The van der Waals surface area contributed by atoms with Crippen LogP contribution in [-0.2, 0) is 9.59 Å². The van der Waals surface area contributed by atoms with E-state index in [0.29, 0.717) is 11.7 Å². The van der Waals surface area contributed by atoms with Crippen molar-refractivity contribution in [1.82, 2.24) is 4.90 Å². The van der Waals surface area contributed by atoms with Crippen molar-refractivity contribution in [3.63, 3.8) is 0 Å². The molecule has 2 aliphatic heterocycles. The lowest BCUT2D eigenvalue weighted by molar-refractivity contribution is -0.695. The Morgan fingerprint density at radius 1 is 0.931 bits per heavy atom. The van der Waals surface area contributed by atoms with E-state index in [1.165, 1.54) is 58.0 Å². The van der Waals surface area contributed by atoms with Crippen molar-refractivity contribution in [2.75, 3.05) is 26.2 Å².